The number of aliphatic hydroxyl groups excluding tert-OH is 1. The first-order valence-corrected chi connectivity index (χ1v) is 7.59. The predicted octanol–water partition coefficient (Wildman–Crippen LogP) is 2.31. The van der Waals surface area contributed by atoms with Crippen molar-refractivity contribution < 1.29 is 9.52 Å². The zero-order valence-corrected chi connectivity index (χ0v) is 12.2. The van der Waals surface area contributed by atoms with Gasteiger partial charge in [0.05, 0.1) is 6.54 Å². The smallest absolute Gasteiger partial charge is 0.129 e. The Morgan fingerprint density at radius 2 is 2.00 bits per heavy atom. The van der Waals surface area contributed by atoms with Crippen LogP contribution in [-0.2, 0) is 19.6 Å². The minimum Gasteiger partial charge on any atom is -0.462 e. The SMILES string of the molecule is OCc1ccc(CNCCCN2CCc3ccccc32)o1. The molecule has 1 aliphatic rings. The van der Waals surface area contributed by atoms with Gasteiger partial charge in [-0.05, 0) is 43.1 Å². The molecule has 0 spiro atoms. The Kier molecular flexibility index (Phi) is 4.58. The fourth-order valence-electron chi connectivity index (χ4n) is 2.85. The summed E-state index contributed by atoms with van der Waals surface area (Å²) in [6.07, 6.45) is 2.28. The first-order chi connectivity index (χ1) is 10.4. The zero-order valence-electron chi connectivity index (χ0n) is 12.2. The second-order valence-electron chi connectivity index (χ2n) is 5.42. The number of fused-ring (bicyclic) bond motifs is 1. The van der Waals surface area contributed by atoms with Crippen molar-refractivity contribution in [1.82, 2.24) is 5.32 Å². The third kappa shape index (κ3) is 3.46. The fourth-order valence-corrected chi connectivity index (χ4v) is 2.85. The second-order valence-corrected chi connectivity index (χ2v) is 5.42. The molecule has 1 aromatic carbocycles. The number of hydrogen-bond acceptors (Lipinski definition) is 4. The summed E-state index contributed by atoms with van der Waals surface area (Å²) in [5.74, 6) is 1.51. The highest BCUT2D eigenvalue weighted by Crippen LogP contribution is 2.27. The van der Waals surface area contributed by atoms with Gasteiger partial charge in [0, 0.05) is 18.8 Å². The van der Waals surface area contributed by atoms with Gasteiger partial charge in [0.25, 0.3) is 0 Å². The summed E-state index contributed by atoms with van der Waals surface area (Å²) in [5.41, 5.74) is 2.87. The molecule has 0 atom stereocenters. The molecular weight excluding hydrogens is 264 g/mol. The van der Waals surface area contributed by atoms with Gasteiger partial charge >= 0.3 is 0 Å². The average Bonchev–Trinajstić information content (AvgIpc) is 3.14. The number of para-hydroxylation sites is 1. The molecule has 112 valence electrons. The monoisotopic (exact) mass is 286 g/mol. The van der Waals surface area contributed by atoms with Crippen LogP contribution in [0.2, 0.25) is 0 Å². The van der Waals surface area contributed by atoms with Crippen LogP contribution in [0, 0.1) is 0 Å². The minimum atomic E-state index is -0.0334. The topological polar surface area (TPSA) is 48.6 Å². The van der Waals surface area contributed by atoms with Crippen LogP contribution in [-0.4, -0.2) is 24.7 Å². The van der Waals surface area contributed by atoms with Crippen molar-refractivity contribution in [2.45, 2.75) is 26.0 Å². The number of nitrogens with zero attached hydrogens (tertiary/aromatic N) is 1. The molecule has 2 heterocycles. The Morgan fingerprint density at radius 3 is 2.86 bits per heavy atom. The Hall–Kier alpha value is -1.78. The molecule has 2 aromatic rings. The molecule has 0 bridgehead atoms. The lowest BCUT2D eigenvalue weighted by Gasteiger charge is -2.19. The van der Waals surface area contributed by atoms with E-state index in [2.05, 4.69) is 34.5 Å². The van der Waals surface area contributed by atoms with Crippen molar-refractivity contribution in [3.05, 3.63) is 53.5 Å². The number of hydrogen-bond donors (Lipinski definition) is 2. The number of aliphatic hydroxyl groups is 1. The number of rotatable bonds is 7. The molecule has 0 fully saturated rings. The maximum absolute atomic E-state index is 8.94. The Labute approximate surface area is 125 Å². The van der Waals surface area contributed by atoms with E-state index < -0.39 is 0 Å². The normalized spacial score (nSPS) is 13.7. The predicted molar refractivity (Wildman–Crippen MR) is 83.3 cm³/mol. The fraction of sp³-hybridized carbons (Fsp3) is 0.412. The Morgan fingerprint density at radius 1 is 1.14 bits per heavy atom. The number of benzene rings is 1. The van der Waals surface area contributed by atoms with Gasteiger partial charge in [-0.3, -0.25) is 0 Å². The van der Waals surface area contributed by atoms with Crippen LogP contribution >= 0.6 is 0 Å². The van der Waals surface area contributed by atoms with E-state index in [1.54, 1.807) is 0 Å². The van der Waals surface area contributed by atoms with E-state index in [0.29, 0.717) is 5.76 Å². The van der Waals surface area contributed by atoms with Crippen molar-refractivity contribution in [2.75, 3.05) is 24.5 Å². The highest BCUT2D eigenvalue weighted by molar-refractivity contribution is 5.57. The van der Waals surface area contributed by atoms with E-state index in [4.69, 9.17) is 9.52 Å². The number of anilines is 1. The molecule has 0 radical (unpaired) electrons. The highest BCUT2D eigenvalue weighted by Gasteiger charge is 2.17. The molecule has 21 heavy (non-hydrogen) atoms. The van der Waals surface area contributed by atoms with E-state index >= 15 is 0 Å². The molecule has 2 N–H and O–H groups in total. The second kappa shape index (κ2) is 6.78. The standard InChI is InChI=1S/C17H22N2O2/c20-13-16-7-6-15(21-16)12-18-9-3-10-19-11-8-14-4-1-2-5-17(14)19/h1-2,4-7,18,20H,3,8-13H2. The van der Waals surface area contributed by atoms with Gasteiger partial charge < -0.3 is 19.7 Å². The van der Waals surface area contributed by atoms with Gasteiger partial charge in [-0.2, -0.15) is 0 Å². The van der Waals surface area contributed by atoms with E-state index in [1.165, 1.54) is 17.7 Å². The minimum absolute atomic E-state index is 0.0334. The molecule has 3 rings (SSSR count). The van der Waals surface area contributed by atoms with Crippen LogP contribution in [0.25, 0.3) is 0 Å². The summed E-state index contributed by atoms with van der Waals surface area (Å²) in [5, 5.41) is 12.3. The van der Waals surface area contributed by atoms with Crippen LogP contribution < -0.4 is 10.2 Å². The summed E-state index contributed by atoms with van der Waals surface area (Å²) >= 11 is 0. The summed E-state index contributed by atoms with van der Waals surface area (Å²) in [6.45, 7) is 3.88. The van der Waals surface area contributed by atoms with Gasteiger partial charge in [-0.1, -0.05) is 18.2 Å². The Bertz CT molecular complexity index is 580. The van der Waals surface area contributed by atoms with E-state index in [9.17, 15) is 0 Å². The van der Waals surface area contributed by atoms with Gasteiger partial charge in [-0.15, -0.1) is 0 Å². The van der Waals surface area contributed by atoms with Crippen LogP contribution in [0.5, 0.6) is 0 Å². The first-order valence-electron chi connectivity index (χ1n) is 7.59. The zero-order chi connectivity index (χ0) is 14.5. The first kappa shape index (κ1) is 14.2. The molecule has 0 saturated carbocycles. The molecule has 0 aliphatic carbocycles. The quantitative estimate of drug-likeness (QED) is 0.767. The molecule has 0 saturated heterocycles. The van der Waals surface area contributed by atoms with Crippen LogP contribution in [0.3, 0.4) is 0 Å². The third-order valence-corrected chi connectivity index (χ3v) is 3.94. The molecule has 1 aromatic heterocycles. The van der Waals surface area contributed by atoms with E-state index in [1.807, 2.05) is 12.1 Å². The van der Waals surface area contributed by atoms with Crippen molar-refractivity contribution in [1.29, 1.82) is 0 Å². The lowest BCUT2D eigenvalue weighted by Crippen LogP contribution is -2.25. The van der Waals surface area contributed by atoms with Crippen LogP contribution in [0.4, 0.5) is 5.69 Å². The summed E-state index contributed by atoms with van der Waals surface area (Å²) in [7, 11) is 0. The molecule has 4 nitrogen and oxygen atoms in total. The maximum atomic E-state index is 8.94. The molecular formula is C17H22N2O2. The highest BCUT2D eigenvalue weighted by atomic mass is 16.4. The molecule has 0 unspecified atom stereocenters. The Balaban J connectivity index is 1.37. The van der Waals surface area contributed by atoms with Gasteiger partial charge in [0.2, 0.25) is 0 Å². The van der Waals surface area contributed by atoms with Gasteiger partial charge in [-0.25, -0.2) is 0 Å². The van der Waals surface area contributed by atoms with Crippen molar-refractivity contribution >= 4 is 5.69 Å². The maximum Gasteiger partial charge on any atom is 0.129 e. The summed E-state index contributed by atoms with van der Waals surface area (Å²) in [6, 6.07) is 12.4. The van der Waals surface area contributed by atoms with Gasteiger partial charge in [0.15, 0.2) is 0 Å². The van der Waals surface area contributed by atoms with Gasteiger partial charge in [0.1, 0.15) is 18.1 Å². The van der Waals surface area contributed by atoms with Crippen molar-refractivity contribution in [2.24, 2.45) is 0 Å². The largest absolute Gasteiger partial charge is 0.462 e. The average molecular weight is 286 g/mol. The summed E-state index contributed by atoms with van der Waals surface area (Å²) in [4.78, 5) is 2.47. The molecule has 1 aliphatic heterocycles. The number of furan rings is 1. The number of nitrogens with one attached hydrogen (secondary N) is 1. The van der Waals surface area contributed by atoms with Crippen LogP contribution in [0.15, 0.2) is 40.8 Å². The van der Waals surface area contributed by atoms with E-state index in [-0.39, 0.29) is 6.61 Å². The third-order valence-electron chi connectivity index (χ3n) is 3.94. The lowest BCUT2D eigenvalue weighted by molar-refractivity contribution is 0.243. The lowest BCUT2D eigenvalue weighted by atomic mass is 10.2. The van der Waals surface area contributed by atoms with Crippen molar-refractivity contribution in [3.8, 4) is 0 Å². The molecule has 4 heteroatoms. The molecule has 0 amide bonds. The summed E-state index contributed by atoms with van der Waals surface area (Å²) < 4.78 is 5.44. The van der Waals surface area contributed by atoms with E-state index in [0.717, 1.165) is 38.4 Å². The van der Waals surface area contributed by atoms with Crippen LogP contribution in [0.1, 0.15) is 23.5 Å². The van der Waals surface area contributed by atoms with Crippen molar-refractivity contribution in [3.63, 3.8) is 0 Å².